The minimum atomic E-state index is -0.284. The van der Waals surface area contributed by atoms with Gasteiger partial charge in [0, 0.05) is 19.2 Å². The topological polar surface area (TPSA) is 71.8 Å². The first-order chi connectivity index (χ1) is 14.8. The van der Waals surface area contributed by atoms with Crippen LogP contribution in [-0.2, 0) is 6.42 Å². The number of anilines is 2. The van der Waals surface area contributed by atoms with Gasteiger partial charge >= 0.3 is 0 Å². The van der Waals surface area contributed by atoms with Crippen LogP contribution in [0.4, 0.5) is 11.4 Å². The van der Waals surface area contributed by atoms with Gasteiger partial charge in [0.15, 0.2) is 5.75 Å². The van der Waals surface area contributed by atoms with Crippen molar-refractivity contribution in [3.05, 3.63) is 76.2 Å². The number of benzene rings is 2. The second kappa shape index (κ2) is 7.67. The van der Waals surface area contributed by atoms with Gasteiger partial charge in [0.25, 0.3) is 0 Å². The normalized spacial score (nSPS) is 17.5. The van der Waals surface area contributed by atoms with Gasteiger partial charge < -0.3 is 10.1 Å². The Morgan fingerprint density at radius 2 is 2.00 bits per heavy atom. The van der Waals surface area contributed by atoms with Gasteiger partial charge in [-0.3, -0.25) is 9.80 Å². The Morgan fingerprint density at radius 3 is 2.83 bits per heavy atom. The van der Waals surface area contributed by atoms with Crippen molar-refractivity contribution in [1.82, 2.24) is 9.78 Å². The molecule has 0 spiro atoms. The van der Waals surface area contributed by atoms with E-state index in [1.54, 1.807) is 10.9 Å². The van der Waals surface area contributed by atoms with Crippen molar-refractivity contribution >= 4 is 17.6 Å². The Bertz CT molecular complexity index is 1160. The minimum absolute atomic E-state index is 0.206. The molecule has 2 aliphatic heterocycles. The van der Waals surface area contributed by atoms with Crippen LogP contribution in [0.2, 0.25) is 0 Å². The fraction of sp³-hybridized carbons (Fsp3) is 0.261. The number of nitrogens with one attached hydrogen (secondary N) is 1. The second-order valence-electron chi connectivity index (χ2n) is 7.43. The van der Waals surface area contributed by atoms with Gasteiger partial charge in [-0.15, -0.1) is 0 Å². The highest BCUT2D eigenvalue weighted by Crippen LogP contribution is 2.33. The molecule has 7 nitrogen and oxygen atoms in total. The molecule has 1 aromatic heterocycles. The zero-order chi connectivity index (χ0) is 20.5. The molecule has 0 fully saturated rings. The van der Waals surface area contributed by atoms with E-state index in [0.717, 1.165) is 36.4 Å². The van der Waals surface area contributed by atoms with Crippen molar-refractivity contribution < 1.29 is 4.74 Å². The van der Waals surface area contributed by atoms with Crippen molar-refractivity contribution in [3.8, 4) is 11.4 Å². The molecule has 3 aromatic rings. The first-order valence-electron chi connectivity index (χ1n) is 10.2. The number of methoxy groups -OCH3 is 1. The molecule has 1 N–H and O–H groups in total. The zero-order valence-corrected chi connectivity index (χ0v) is 16.8. The highest BCUT2D eigenvalue weighted by molar-refractivity contribution is 5.68. The van der Waals surface area contributed by atoms with Gasteiger partial charge in [0.1, 0.15) is 11.7 Å². The van der Waals surface area contributed by atoms with Crippen molar-refractivity contribution in [2.75, 3.05) is 24.0 Å². The van der Waals surface area contributed by atoms with Crippen LogP contribution in [0.5, 0.6) is 5.75 Å². The third kappa shape index (κ3) is 3.12. The summed E-state index contributed by atoms with van der Waals surface area (Å²) in [6.07, 6.45) is 6.23. The van der Waals surface area contributed by atoms with Gasteiger partial charge in [0.05, 0.1) is 30.4 Å². The third-order valence-electron chi connectivity index (χ3n) is 5.60. The summed E-state index contributed by atoms with van der Waals surface area (Å²) >= 11 is 0. The number of hydrazone groups is 1. The average Bonchev–Trinajstić information content (AvgIpc) is 3.29. The quantitative estimate of drug-likeness (QED) is 0.724. The van der Waals surface area contributed by atoms with Gasteiger partial charge in [-0.05, 0) is 36.6 Å². The number of hydrogen-bond acceptors (Lipinski definition) is 6. The highest BCUT2D eigenvalue weighted by Gasteiger charge is 2.30. The highest BCUT2D eigenvalue weighted by atomic mass is 16.5. The molecule has 0 saturated carbocycles. The Labute approximate surface area is 174 Å². The lowest BCUT2D eigenvalue weighted by Gasteiger charge is -2.25. The van der Waals surface area contributed by atoms with E-state index in [-0.39, 0.29) is 17.2 Å². The molecule has 1 atom stereocenters. The van der Waals surface area contributed by atoms with Crippen LogP contribution in [0, 0.1) is 0 Å². The molecule has 0 bridgehead atoms. The Balaban J connectivity index is 1.63. The van der Waals surface area contributed by atoms with Crippen LogP contribution < -0.4 is 20.5 Å². The van der Waals surface area contributed by atoms with Crippen molar-refractivity contribution in [1.29, 1.82) is 0 Å². The molecular formula is C23H23N5O2. The molecule has 5 rings (SSSR count). The third-order valence-corrected chi connectivity index (χ3v) is 5.60. The SMILES string of the molecule is COc1cn(-c2cccc3c2NCCC3)nc(C2CC=NN2c2ccccc2)c1=O. The number of hydrogen-bond donors (Lipinski definition) is 1. The molecule has 0 aliphatic carbocycles. The number of ether oxygens (including phenoxy) is 1. The van der Waals surface area contributed by atoms with Crippen LogP contribution in [0.1, 0.15) is 30.1 Å². The molecule has 0 saturated heterocycles. The van der Waals surface area contributed by atoms with Crippen molar-refractivity contribution in [2.45, 2.75) is 25.3 Å². The summed E-state index contributed by atoms with van der Waals surface area (Å²) in [4.78, 5) is 13.1. The summed E-state index contributed by atoms with van der Waals surface area (Å²) in [5.41, 5.74) is 4.37. The lowest BCUT2D eigenvalue weighted by molar-refractivity contribution is 0.402. The number of nitrogens with zero attached hydrogens (tertiary/aromatic N) is 4. The lowest BCUT2D eigenvalue weighted by Crippen LogP contribution is -2.29. The van der Waals surface area contributed by atoms with E-state index < -0.39 is 0 Å². The maximum absolute atomic E-state index is 13.1. The smallest absolute Gasteiger partial charge is 0.247 e. The largest absolute Gasteiger partial charge is 0.491 e. The molecule has 1 unspecified atom stereocenters. The molecule has 0 radical (unpaired) electrons. The maximum atomic E-state index is 13.1. The molecule has 2 aromatic carbocycles. The Hall–Kier alpha value is -3.61. The van der Waals surface area contributed by atoms with E-state index in [2.05, 4.69) is 16.5 Å². The molecule has 30 heavy (non-hydrogen) atoms. The van der Waals surface area contributed by atoms with E-state index >= 15 is 0 Å². The molecular weight excluding hydrogens is 378 g/mol. The van der Waals surface area contributed by atoms with E-state index in [9.17, 15) is 4.79 Å². The number of rotatable bonds is 4. The van der Waals surface area contributed by atoms with Crippen LogP contribution in [0.25, 0.3) is 5.69 Å². The predicted octanol–water partition coefficient (Wildman–Crippen LogP) is 3.54. The number of fused-ring (bicyclic) bond motifs is 1. The summed E-state index contributed by atoms with van der Waals surface area (Å²) in [7, 11) is 1.52. The zero-order valence-electron chi connectivity index (χ0n) is 16.8. The fourth-order valence-corrected chi connectivity index (χ4v) is 4.13. The number of aromatic nitrogens is 2. The summed E-state index contributed by atoms with van der Waals surface area (Å²) in [6.45, 7) is 0.923. The monoisotopic (exact) mass is 401 g/mol. The second-order valence-corrected chi connectivity index (χ2v) is 7.43. The predicted molar refractivity (Wildman–Crippen MR) is 118 cm³/mol. The van der Waals surface area contributed by atoms with Crippen LogP contribution in [0.15, 0.2) is 64.6 Å². The first kappa shape index (κ1) is 18.4. The Morgan fingerprint density at radius 1 is 1.13 bits per heavy atom. The van der Waals surface area contributed by atoms with Gasteiger partial charge in [0.2, 0.25) is 5.43 Å². The number of para-hydroxylation sites is 2. The standard InChI is InChI=1S/C23H23N5O2/c1-30-20-15-27(18-11-5-7-16-8-6-13-24-21(16)18)26-22(23(20)29)19-12-14-25-28(19)17-9-3-2-4-10-17/h2-5,7,9-11,14-15,19,24H,6,8,12-13H2,1H3. The lowest BCUT2D eigenvalue weighted by atomic mass is 10.0. The molecule has 0 amide bonds. The van der Waals surface area contributed by atoms with E-state index in [1.807, 2.05) is 53.7 Å². The summed E-state index contributed by atoms with van der Waals surface area (Å²) < 4.78 is 7.20. The average molecular weight is 401 g/mol. The van der Waals surface area contributed by atoms with E-state index in [0.29, 0.717) is 12.1 Å². The van der Waals surface area contributed by atoms with Crippen molar-refractivity contribution in [2.24, 2.45) is 5.10 Å². The van der Waals surface area contributed by atoms with Crippen LogP contribution >= 0.6 is 0 Å². The molecule has 3 heterocycles. The first-order valence-corrected chi connectivity index (χ1v) is 10.2. The van der Waals surface area contributed by atoms with Crippen molar-refractivity contribution in [3.63, 3.8) is 0 Å². The molecule has 152 valence electrons. The summed E-state index contributed by atoms with van der Waals surface area (Å²) in [5, 5.41) is 14.6. The van der Waals surface area contributed by atoms with E-state index in [4.69, 9.17) is 9.84 Å². The summed E-state index contributed by atoms with van der Waals surface area (Å²) in [5.74, 6) is 0.272. The van der Waals surface area contributed by atoms with Gasteiger partial charge in [-0.1, -0.05) is 30.3 Å². The maximum Gasteiger partial charge on any atom is 0.247 e. The number of aryl methyl sites for hydroxylation is 1. The Kier molecular flexibility index (Phi) is 4.71. The molecule has 2 aliphatic rings. The summed E-state index contributed by atoms with van der Waals surface area (Å²) in [6, 6.07) is 15.7. The van der Waals surface area contributed by atoms with Gasteiger partial charge in [-0.25, -0.2) is 4.68 Å². The van der Waals surface area contributed by atoms with Crippen LogP contribution in [-0.4, -0.2) is 29.6 Å². The molecule has 7 heteroatoms. The van der Waals surface area contributed by atoms with Crippen LogP contribution in [0.3, 0.4) is 0 Å². The fourth-order valence-electron chi connectivity index (χ4n) is 4.13. The van der Waals surface area contributed by atoms with E-state index in [1.165, 1.54) is 12.7 Å². The minimum Gasteiger partial charge on any atom is -0.491 e. The van der Waals surface area contributed by atoms with Gasteiger partial charge in [-0.2, -0.15) is 10.2 Å².